The fourth-order valence-electron chi connectivity index (χ4n) is 2.85. The van der Waals surface area contributed by atoms with Crippen LogP contribution < -0.4 is 5.32 Å². The molecular formula is C18H21N3O3. The highest BCUT2D eigenvalue weighted by Crippen LogP contribution is 2.28. The SMILES string of the molecule is CC(C)c1cc(C(=O)N2CCNC(=O)CC2c2ccccc2)on1. The molecule has 2 amide bonds. The molecule has 1 saturated heterocycles. The van der Waals surface area contributed by atoms with Crippen molar-refractivity contribution in [1.29, 1.82) is 0 Å². The van der Waals surface area contributed by atoms with Gasteiger partial charge in [0, 0.05) is 19.2 Å². The van der Waals surface area contributed by atoms with Gasteiger partial charge in [0.2, 0.25) is 11.7 Å². The zero-order valence-corrected chi connectivity index (χ0v) is 13.9. The summed E-state index contributed by atoms with van der Waals surface area (Å²) in [6, 6.07) is 11.0. The molecule has 2 aromatic rings. The van der Waals surface area contributed by atoms with Crippen molar-refractivity contribution in [3.63, 3.8) is 0 Å². The van der Waals surface area contributed by atoms with Crippen molar-refractivity contribution in [3.8, 4) is 0 Å². The Labute approximate surface area is 140 Å². The van der Waals surface area contributed by atoms with Crippen LogP contribution in [-0.2, 0) is 4.79 Å². The van der Waals surface area contributed by atoms with E-state index in [0.717, 1.165) is 11.3 Å². The first-order valence-corrected chi connectivity index (χ1v) is 8.15. The molecule has 0 bridgehead atoms. The van der Waals surface area contributed by atoms with Crippen LogP contribution in [0.5, 0.6) is 0 Å². The van der Waals surface area contributed by atoms with E-state index in [1.165, 1.54) is 0 Å². The lowest BCUT2D eigenvalue weighted by atomic mass is 10.0. The van der Waals surface area contributed by atoms with Gasteiger partial charge < -0.3 is 14.7 Å². The lowest BCUT2D eigenvalue weighted by Crippen LogP contribution is -2.36. The molecule has 1 atom stereocenters. The van der Waals surface area contributed by atoms with Gasteiger partial charge in [0.05, 0.1) is 18.2 Å². The van der Waals surface area contributed by atoms with Crippen molar-refractivity contribution >= 4 is 11.8 Å². The maximum Gasteiger partial charge on any atom is 0.293 e. The number of rotatable bonds is 3. The molecule has 0 aliphatic carbocycles. The van der Waals surface area contributed by atoms with Crippen molar-refractivity contribution in [3.05, 3.63) is 53.4 Å². The summed E-state index contributed by atoms with van der Waals surface area (Å²) in [4.78, 5) is 26.6. The third kappa shape index (κ3) is 3.32. The minimum absolute atomic E-state index is 0.0559. The van der Waals surface area contributed by atoms with E-state index < -0.39 is 0 Å². The number of benzene rings is 1. The molecule has 6 nitrogen and oxygen atoms in total. The Morgan fingerprint density at radius 3 is 2.75 bits per heavy atom. The number of carbonyl (C=O) groups excluding carboxylic acids is 2. The molecule has 2 heterocycles. The zero-order chi connectivity index (χ0) is 17.1. The first kappa shape index (κ1) is 16.2. The zero-order valence-electron chi connectivity index (χ0n) is 13.9. The van der Waals surface area contributed by atoms with Crippen LogP contribution in [0.2, 0.25) is 0 Å². The van der Waals surface area contributed by atoms with E-state index in [1.807, 2.05) is 44.2 Å². The Bertz CT molecular complexity index is 724. The summed E-state index contributed by atoms with van der Waals surface area (Å²) < 4.78 is 5.25. The van der Waals surface area contributed by atoms with E-state index in [1.54, 1.807) is 11.0 Å². The van der Waals surface area contributed by atoms with Gasteiger partial charge >= 0.3 is 0 Å². The molecule has 1 fully saturated rings. The number of hydrogen-bond donors (Lipinski definition) is 1. The van der Waals surface area contributed by atoms with Crippen molar-refractivity contribution < 1.29 is 14.1 Å². The summed E-state index contributed by atoms with van der Waals surface area (Å²) in [5.74, 6) is 0.112. The molecule has 1 aromatic carbocycles. The molecular weight excluding hydrogens is 306 g/mol. The predicted octanol–water partition coefficient (Wildman–Crippen LogP) is 2.50. The lowest BCUT2D eigenvalue weighted by molar-refractivity contribution is -0.121. The Hall–Kier alpha value is -2.63. The van der Waals surface area contributed by atoms with Gasteiger partial charge in [-0.2, -0.15) is 0 Å². The van der Waals surface area contributed by atoms with E-state index in [0.29, 0.717) is 13.1 Å². The molecule has 1 aliphatic heterocycles. The number of nitrogens with one attached hydrogen (secondary N) is 1. The minimum Gasteiger partial charge on any atom is -0.354 e. The molecule has 126 valence electrons. The summed E-state index contributed by atoms with van der Waals surface area (Å²) in [5, 5.41) is 6.79. The number of amides is 2. The topological polar surface area (TPSA) is 75.4 Å². The van der Waals surface area contributed by atoms with E-state index in [2.05, 4.69) is 10.5 Å². The van der Waals surface area contributed by atoms with E-state index >= 15 is 0 Å². The van der Waals surface area contributed by atoms with Crippen LogP contribution >= 0.6 is 0 Å². The van der Waals surface area contributed by atoms with Crippen molar-refractivity contribution in [2.45, 2.75) is 32.2 Å². The quantitative estimate of drug-likeness (QED) is 0.940. The second-order valence-corrected chi connectivity index (χ2v) is 6.25. The van der Waals surface area contributed by atoms with Gasteiger partial charge in [-0.15, -0.1) is 0 Å². The van der Waals surface area contributed by atoms with Gasteiger partial charge in [0.1, 0.15) is 0 Å². The lowest BCUT2D eigenvalue weighted by Gasteiger charge is -2.28. The van der Waals surface area contributed by atoms with E-state index in [4.69, 9.17) is 4.52 Å². The molecule has 1 unspecified atom stereocenters. The third-order valence-corrected chi connectivity index (χ3v) is 4.21. The summed E-state index contributed by atoms with van der Waals surface area (Å²) in [6.45, 7) is 4.85. The largest absolute Gasteiger partial charge is 0.354 e. The molecule has 6 heteroatoms. The van der Waals surface area contributed by atoms with E-state index in [9.17, 15) is 9.59 Å². The second kappa shape index (κ2) is 6.86. The van der Waals surface area contributed by atoms with Crippen LogP contribution in [0, 0.1) is 0 Å². The highest BCUT2D eigenvalue weighted by Gasteiger charge is 2.32. The van der Waals surface area contributed by atoms with Gasteiger partial charge in [0.25, 0.3) is 5.91 Å². The average Bonchev–Trinajstić information content (AvgIpc) is 3.00. The first-order chi connectivity index (χ1) is 11.6. The fraction of sp³-hybridized carbons (Fsp3) is 0.389. The number of nitrogens with zero attached hydrogens (tertiary/aromatic N) is 2. The molecule has 3 rings (SSSR count). The number of carbonyl (C=O) groups is 2. The smallest absolute Gasteiger partial charge is 0.293 e. The van der Waals surface area contributed by atoms with Crippen LogP contribution in [0.25, 0.3) is 0 Å². The Balaban J connectivity index is 1.92. The molecule has 0 saturated carbocycles. The van der Waals surface area contributed by atoms with Crippen LogP contribution in [0.15, 0.2) is 40.9 Å². The number of hydrogen-bond acceptors (Lipinski definition) is 4. The van der Waals surface area contributed by atoms with Crippen molar-refractivity contribution in [1.82, 2.24) is 15.4 Å². The molecule has 1 aliphatic rings. The predicted molar refractivity (Wildman–Crippen MR) is 88.4 cm³/mol. The van der Waals surface area contributed by atoms with Gasteiger partial charge in [-0.25, -0.2) is 0 Å². The number of aromatic nitrogens is 1. The van der Waals surface area contributed by atoms with Crippen LogP contribution in [0.1, 0.15) is 54.0 Å². The minimum atomic E-state index is -0.311. The van der Waals surface area contributed by atoms with Gasteiger partial charge in [-0.05, 0) is 11.5 Å². The Morgan fingerprint density at radius 1 is 1.33 bits per heavy atom. The van der Waals surface area contributed by atoms with Crippen LogP contribution in [0.4, 0.5) is 0 Å². The van der Waals surface area contributed by atoms with Crippen LogP contribution in [0.3, 0.4) is 0 Å². The van der Waals surface area contributed by atoms with E-state index in [-0.39, 0.29) is 36.0 Å². The maximum atomic E-state index is 12.9. The highest BCUT2D eigenvalue weighted by molar-refractivity contribution is 5.92. The molecule has 1 aromatic heterocycles. The standard InChI is InChI=1S/C18H21N3O3/c1-12(2)14-10-16(24-20-14)18(23)21-9-8-19-17(22)11-15(21)13-6-4-3-5-7-13/h3-7,10,12,15H,8-9,11H2,1-2H3,(H,19,22). The fourth-order valence-corrected chi connectivity index (χ4v) is 2.85. The maximum absolute atomic E-state index is 12.9. The van der Waals surface area contributed by atoms with Crippen molar-refractivity contribution in [2.24, 2.45) is 0 Å². The monoisotopic (exact) mass is 327 g/mol. The Kier molecular flexibility index (Phi) is 4.64. The van der Waals surface area contributed by atoms with Gasteiger partial charge in [0.15, 0.2) is 0 Å². The highest BCUT2D eigenvalue weighted by atomic mass is 16.5. The van der Waals surface area contributed by atoms with Gasteiger partial charge in [-0.1, -0.05) is 49.3 Å². The molecule has 0 spiro atoms. The molecule has 1 N–H and O–H groups in total. The van der Waals surface area contributed by atoms with Gasteiger partial charge in [-0.3, -0.25) is 9.59 Å². The third-order valence-electron chi connectivity index (χ3n) is 4.21. The van der Waals surface area contributed by atoms with Crippen molar-refractivity contribution in [2.75, 3.05) is 13.1 Å². The second-order valence-electron chi connectivity index (χ2n) is 6.25. The summed E-state index contributed by atoms with van der Waals surface area (Å²) in [6.07, 6.45) is 0.237. The summed E-state index contributed by atoms with van der Waals surface area (Å²) in [7, 11) is 0. The molecule has 24 heavy (non-hydrogen) atoms. The normalized spacial score (nSPS) is 18.4. The van der Waals surface area contributed by atoms with Crippen LogP contribution in [-0.4, -0.2) is 35.0 Å². The summed E-state index contributed by atoms with van der Waals surface area (Å²) in [5.41, 5.74) is 1.69. The first-order valence-electron chi connectivity index (χ1n) is 8.15. The average molecular weight is 327 g/mol. The molecule has 0 radical (unpaired) electrons. The Morgan fingerprint density at radius 2 is 2.08 bits per heavy atom. The summed E-state index contributed by atoms with van der Waals surface area (Å²) >= 11 is 0.